The van der Waals surface area contributed by atoms with Crippen LogP contribution in [-0.4, -0.2) is 16.1 Å². The molecule has 4 nitrogen and oxygen atoms in total. The van der Waals surface area contributed by atoms with Crippen LogP contribution in [0, 0.1) is 3.57 Å². The first kappa shape index (κ1) is 13.0. The lowest BCUT2D eigenvalue weighted by Crippen LogP contribution is -2.11. The quantitative estimate of drug-likeness (QED) is 0.783. The van der Waals surface area contributed by atoms with E-state index in [9.17, 15) is 4.79 Å². The van der Waals surface area contributed by atoms with Gasteiger partial charge in [-0.3, -0.25) is 4.79 Å². The second kappa shape index (κ2) is 5.47. The largest absolute Gasteiger partial charge is 0.318 e. The van der Waals surface area contributed by atoms with Gasteiger partial charge in [0.2, 0.25) is 9.47 Å². The van der Waals surface area contributed by atoms with Crippen molar-refractivity contribution in [2.75, 3.05) is 5.32 Å². The Bertz CT molecular complexity index is 575. The number of benzene rings is 1. The van der Waals surface area contributed by atoms with Crippen molar-refractivity contribution in [1.29, 1.82) is 0 Å². The number of aromatic nitrogens is 2. The second-order valence-corrected chi connectivity index (χ2v) is 6.15. The summed E-state index contributed by atoms with van der Waals surface area (Å²) < 4.78 is 1.22. The summed E-state index contributed by atoms with van der Waals surface area (Å²) in [5, 5.41) is 10.5. The Labute approximate surface area is 124 Å². The Hall–Kier alpha value is -0.440. The van der Waals surface area contributed by atoms with E-state index in [1.165, 1.54) is 0 Å². The average Bonchev–Trinajstić information content (AvgIpc) is 2.69. The van der Waals surface area contributed by atoms with E-state index in [-0.39, 0.29) is 15.4 Å². The first-order chi connectivity index (χ1) is 8.06. The maximum Gasteiger partial charge on any atom is 0.286 e. The van der Waals surface area contributed by atoms with Gasteiger partial charge in [-0.05, 0) is 52.4 Å². The van der Waals surface area contributed by atoms with Crippen molar-refractivity contribution in [3.63, 3.8) is 0 Å². The van der Waals surface area contributed by atoms with Gasteiger partial charge in [-0.2, -0.15) is 0 Å². The summed E-state index contributed by atoms with van der Waals surface area (Å²) in [4.78, 5) is 11.7. The van der Waals surface area contributed by atoms with Crippen LogP contribution in [0.15, 0.2) is 18.2 Å². The van der Waals surface area contributed by atoms with Crippen molar-refractivity contribution in [1.82, 2.24) is 10.2 Å². The molecule has 0 radical (unpaired) electrons. The first-order valence-electron chi connectivity index (χ1n) is 4.31. The van der Waals surface area contributed by atoms with Crippen molar-refractivity contribution >= 4 is 68.7 Å². The lowest BCUT2D eigenvalue weighted by atomic mass is 10.3. The van der Waals surface area contributed by atoms with Gasteiger partial charge in [0.15, 0.2) is 0 Å². The summed E-state index contributed by atoms with van der Waals surface area (Å²) in [6, 6.07) is 5.32. The van der Waals surface area contributed by atoms with Crippen molar-refractivity contribution in [3.8, 4) is 0 Å². The minimum absolute atomic E-state index is 0.199. The summed E-state index contributed by atoms with van der Waals surface area (Å²) in [5.74, 6) is -0.377. The van der Waals surface area contributed by atoms with Crippen molar-refractivity contribution in [3.05, 3.63) is 36.3 Å². The van der Waals surface area contributed by atoms with Gasteiger partial charge in [0.1, 0.15) is 0 Å². The molecule has 8 heteroatoms. The third-order valence-corrected chi connectivity index (χ3v) is 3.78. The molecular weight excluding hydrogens is 396 g/mol. The molecule has 1 aromatic carbocycles. The summed E-state index contributed by atoms with van der Waals surface area (Å²) >= 11 is 14.7. The molecule has 0 saturated carbocycles. The Balaban J connectivity index is 2.18. The summed E-state index contributed by atoms with van der Waals surface area (Å²) in [6.07, 6.45) is 0. The maximum absolute atomic E-state index is 11.7. The molecule has 2 rings (SSSR count). The number of rotatable bonds is 2. The number of hydrogen-bond acceptors (Lipinski definition) is 4. The highest BCUT2D eigenvalue weighted by molar-refractivity contribution is 14.1. The fourth-order valence-electron chi connectivity index (χ4n) is 1.06. The van der Waals surface area contributed by atoms with Crippen LogP contribution in [0.3, 0.4) is 0 Å². The number of carbonyl (C=O) groups is 1. The molecule has 0 bridgehead atoms. The van der Waals surface area contributed by atoms with Crippen LogP contribution in [-0.2, 0) is 0 Å². The zero-order valence-corrected chi connectivity index (χ0v) is 12.6. The van der Waals surface area contributed by atoms with E-state index in [4.69, 9.17) is 23.2 Å². The summed E-state index contributed by atoms with van der Waals surface area (Å²) in [5.41, 5.74) is 0.531. The number of hydrogen-bond donors (Lipinski definition) is 1. The van der Waals surface area contributed by atoms with Crippen molar-refractivity contribution in [2.45, 2.75) is 0 Å². The molecule has 0 fully saturated rings. The molecule has 88 valence electrons. The Kier molecular flexibility index (Phi) is 4.18. The van der Waals surface area contributed by atoms with E-state index in [0.717, 1.165) is 14.9 Å². The molecule has 0 saturated heterocycles. The highest BCUT2D eigenvalue weighted by Gasteiger charge is 2.13. The van der Waals surface area contributed by atoms with Crippen molar-refractivity contribution < 1.29 is 4.79 Å². The van der Waals surface area contributed by atoms with Gasteiger partial charge in [0, 0.05) is 3.57 Å². The summed E-state index contributed by atoms with van der Waals surface area (Å²) in [6.45, 7) is 0. The minimum atomic E-state index is -0.377. The third-order valence-electron chi connectivity index (χ3n) is 1.77. The van der Waals surface area contributed by atoms with E-state index in [0.29, 0.717) is 10.7 Å². The third kappa shape index (κ3) is 3.27. The normalized spacial score (nSPS) is 10.3. The van der Waals surface area contributed by atoms with Gasteiger partial charge in [0.25, 0.3) is 5.91 Å². The number of halogens is 3. The standard InChI is InChI=1S/C9H4Cl2IN3OS/c10-5-3-4(12)1-2-6(5)13-7(16)8-14-15-9(11)17-8/h1-3H,(H,13,16). The first-order valence-corrected chi connectivity index (χ1v) is 6.97. The van der Waals surface area contributed by atoms with E-state index >= 15 is 0 Å². The fraction of sp³-hybridized carbons (Fsp3) is 0. The van der Waals surface area contributed by atoms with Crippen LogP contribution >= 0.6 is 57.1 Å². The molecule has 0 spiro atoms. The van der Waals surface area contributed by atoms with E-state index in [1.807, 2.05) is 6.07 Å². The Morgan fingerprint density at radius 2 is 2.12 bits per heavy atom. The molecule has 0 aliphatic heterocycles. The van der Waals surface area contributed by atoms with Crippen LogP contribution in [0.25, 0.3) is 0 Å². The fourth-order valence-corrected chi connectivity index (χ4v) is 2.69. The molecule has 17 heavy (non-hydrogen) atoms. The molecule has 0 aliphatic carbocycles. The molecule has 2 aromatic rings. The number of nitrogens with one attached hydrogen (secondary N) is 1. The number of carbonyl (C=O) groups excluding carboxylic acids is 1. The van der Waals surface area contributed by atoms with Crippen LogP contribution in [0.5, 0.6) is 0 Å². The Morgan fingerprint density at radius 3 is 2.71 bits per heavy atom. The van der Waals surface area contributed by atoms with Gasteiger partial charge in [0.05, 0.1) is 10.7 Å². The van der Waals surface area contributed by atoms with Crippen molar-refractivity contribution in [2.24, 2.45) is 0 Å². The maximum atomic E-state index is 11.7. The number of amides is 1. The zero-order valence-electron chi connectivity index (χ0n) is 8.08. The van der Waals surface area contributed by atoms with Gasteiger partial charge < -0.3 is 5.32 Å². The van der Waals surface area contributed by atoms with Gasteiger partial charge >= 0.3 is 0 Å². The highest BCUT2D eigenvalue weighted by Crippen LogP contribution is 2.25. The molecule has 0 unspecified atom stereocenters. The predicted molar refractivity (Wildman–Crippen MR) is 77.0 cm³/mol. The molecule has 1 aromatic heterocycles. The topological polar surface area (TPSA) is 54.9 Å². The van der Waals surface area contributed by atoms with E-state index < -0.39 is 0 Å². The molecule has 1 amide bonds. The highest BCUT2D eigenvalue weighted by atomic mass is 127. The summed E-state index contributed by atoms with van der Waals surface area (Å²) in [7, 11) is 0. The lowest BCUT2D eigenvalue weighted by molar-refractivity contribution is 0.102. The number of nitrogens with zero attached hydrogens (tertiary/aromatic N) is 2. The lowest BCUT2D eigenvalue weighted by Gasteiger charge is -2.05. The smallest absolute Gasteiger partial charge is 0.286 e. The van der Waals surface area contributed by atoms with E-state index in [1.54, 1.807) is 12.1 Å². The van der Waals surface area contributed by atoms with Gasteiger partial charge in [-0.15, -0.1) is 10.2 Å². The van der Waals surface area contributed by atoms with Gasteiger partial charge in [-0.1, -0.05) is 22.9 Å². The minimum Gasteiger partial charge on any atom is -0.318 e. The Morgan fingerprint density at radius 1 is 1.35 bits per heavy atom. The van der Waals surface area contributed by atoms with Crippen LogP contribution in [0.2, 0.25) is 9.49 Å². The van der Waals surface area contributed by atoms with Crippen LogP contribution < -0.4 is 5.32 Å². The van der Waals surface area contributed by atoms with E-state index in [2.05, 4.69) is 38.1 Å². The SMILES string of the molecule is O=C(Nc1ccc(I)cc1Cl)c1nnc(Cl)s1. The molecular formula is C9H4Cl2IN3OS. The molecule has 1 N–H and O–H groups in total. The zero-order chi connectivity index (χ0) is 12.4. The monoisotopic (exact) mass is 399 g/mol. The molecule has 0 aliphatic rings. The van der Waals surface area contributed by atoms with Crippen LogP contribution in [0.1, 0.15) is 9.80 Å². The average molecular weight is 400 g/mol. The molecule has 0 atom stereocenters. The predicted octanol–water partition coefficient (Wildman–Crippen LogP) is 3.70. The van der Waals surface area contributed by atoms with Gasteiger partial charge in [-0.25, -0.2) is 0 Å². The second-order valence-electron chi connectivity index (χ2n) is 2.94. The molecule has 1 heterocycles. The van der Waals surface area contributed by atoms with Crippen LogP contribution in [0.4, 0.5) is 5.69 Å². The number of anilines is 1.